The first kappa shape index (κ1) is 9.19. The molecule has 2 aromatic rings. The number of rotatable bonds is 0. The Balaban J connectivity index is 2.62. The maximum absolute atomic E-state index is 4.34. The van der Waals surface area contributed by atoms with Crippen LogP contribution >= 0.6 is 0 Å². The summed E-state index contributed by atoms with van der Waals surface area (Å²) in [6, 6.07) is 4.20. The molecule has 0 aliphatic heterocycles. The maximum atomic E-state index is 4.34. The molecule has 0 saturated carbocycles. The van der Waals surface area contributed by atoms with E-state index in [1.165, 1.54) is 5.56 Å². The van der Waals surface area contributed by atoms with E-state index in [4.69, 9.17) is 0 Å². The van der Waals surface area contributed by atoms with Gasteiger partial charge in [-0.25, -0.2) is 9.50 Å². The van der Waals surface area contributed by atoms with Crippen LogP contribution in [-0.2, 0) is 5.41 Å². The Hall–Kier alpha value is -1.38. The highest BCUT2D eigenvalue weighted by Crippen LogP contribution is 2.22. The predicted octanol–water partition coefficient (Wildman–Crippen LogP) is 2.34. The van der Waals surface area contributed by atoms with Crippen LogP contribution in [0.5, 0.6) is 0 Å². The van der Waals surface area contributed by atoms with E-state index in [1.54, 1.807) is 0 Å². The molecule has 3 nitrogen and oxygen atoms in total. The summed E-state index contributed by atoms with van der Waals surface area (Å²) in [5.41, 5.74) is 2.38. The summed E-state index contributed by atoms with van der Waals surface area (Å²) in [6.45, 7) is 8.50. The lowest BCUT2D eigenvalue weighted by Crippen LogP contribution is -2.11. The van der Waals surface area contributed by atoms with E-state index in [2.05, 4.69) is 43.0 Å². The molecule has 0 unspecified atom stereocenters. The zero-order valence-corrected chi connectivity index (χ0v) is 9.07. The summed E-state index contributed by atoms with van der Waals surface area (Å²) in [5.74, 6) is 0.816. The molecule has 0 aliphatic carbocycles. The fourth-order valence-electron chi connectivity index (χ4n) is 1.46. The minimum atomic E-state index is 0.168. The summed E-state index contributed by atoms with van der Waals surface area (Å²) in [5, 5.41) is 4.24. The van der Waals surface area contributed by atoms with Crippen molar-refractivity contribution < 1.29 is 0 Å². The molecule has 0 aromatic carbocycles. The number of fused-ring (bicyclic) bond motifs is 1. The van der Waals surface area contributed by atoms with Gasteiger partial charge in [0.05, 0.1) is 0 Å². The Labute approximate surface area is 83.8 Å². The molecule has 2 rings (SSSR count). The lowest BCUT2D eigenvalue weighted by atomic mass is 9.88. The van der Waals surface area contributed by atoms with Gasteiger partial charge in [0.2, 0.25) is 0 Å². The van der Waals surface area contributed by atoms with Crippen LogP contribution < -0.4 is 0 Å². The average molecular weight is 189 g/mol. The third-order valence-electron chi connectivity index (χ3n) is 2.31. The van der Waals surface area contributed by atoms with Crippen molar-refractivity contribution in [2.24, 2.45) is 0 Å². The van der Waals surface area contributed by atoms with Crippen molar-refractivity contribution in [2.75, 3.05) is 0 Å². The van der Waals surface area contributed by atoms with Crippen molar-refractivity contribution in [1.82, 2.24) is 14.6 Å². The fourth-order valence-corrected chi connectivity index (χ4v) is 1.46. The van der Waals surface area contributed by atoms with Crippen molar-refractivity contribution >= 4 is 5.65 Å². The van der Waals surface area contributed by atoms with Crippen LogP contribution in [0, 0.1) is 6.92 Å². The summed E-state index contributed by atoms with van der Waals surface area (Å²) < 4.78 is 1.81. The highest BCUT2D eigenvalue weighted by Gasteiger charge is 2.14. The molecule has 0 saturated heterocycles. The van der Waals surface area contributed by atoms with E-state index >= 15 is 0 Å². The first-order chi connectivity index (χ1) is 6.47. The lowest BCUT2D eigenvalue weighted by Gasteiger charge is -2.18. The van der Waals surface area contributed by atoms with Crippen LogP contribution in [0.15, 0.2) is 18.3 Å². The molecule has 0 aliphatic rings. The van der Waals surface area contributed by atoms with Gasteiger partial charge in [-0.1, -0.05) is 20.8 Å². The van der Waals surface area contributed by atoms with Crippen molar-refractivity contribution in [2.45, 2.75) is 33.1 Å². The number of hydrogen-bond donors (Lipinski definition) is 0. The van der Waals surface area contributed by atoms with Gasteiger partial charge in [0.25, 0.3) is 0 Å². The summed E-state index contributed by atoms with van der Waals surface area (Å²) in [4.78, 5) is 4.34. The van der Waals surface area contributed by atoms with Gasteiger partial charge < -0.3 is 0 Å². The van der Waals surface area contributed by atoms with Crippen LogP contribution in [0.2, 0.25) is 0 Å². The molecule has 14 heavy (non-hydrogen) atoms. The third-order valence-corrected chi connectivity index (χ3v) is 2.31. The minimum absolute atomic E-state index is 0.168. The summed E-state index contributed by atoms with van der Waals surface area (Å²) >= 11 is 0. The average Bonchev–Trinajstić information content (AvgIpc) is 2.41. The molecule has 0 fully saturated rings. The van der Waals surface area contributed by atoms with Gasteiger partial charge in [-0.15, -0.1) is 0 Å². The number of aromatic nitrogens is 3. The fraction of sp³-hybridized carbons (Fsp3) is 0.455. The normalized spacial score (nSPS) is 12.3. The van der Waals surface area contributed by atoms with E-state index in [9.17, 15) is 0 Å². The zero-order valence-electron chi connectivity index (χ0n) is 9.07. The van der Waals surface area contributed by atoms with Crippen LogP contribution in [0.1, 0.15) is 32.2 Å². The van der Waals surface area contributed by atoms with E-state index in [0.29, 0.717) is 0 Å². The molecule has 2 heterocycles. The summed E-state index contributed by atoms with van der Waals surface area (Å²) in [7, 11) is 0. The first-order valence-corrected chi connectivity index (χ1v) is 4.80. The molecule has 0 radical (unpaired) electrons. The molecule has 0 atom stereocenters. The molecular weight excluding hydrogens is 174 g/mol. The number of pyridine rings is 1. The molecule has 0 bridgehead atoms. The Morgan fingerprint density at radius 1 is 1.29 bits per heavy atom. The van der Waals surface area contributed by atoms with E-state index in [1.807, 2.05) is 17.6 Å². The third kappa shape index (κ3) is 1.50. The predicted molar refractivity (Wildman–Crippen MR) is 56.4 cm³/mol. The van der Waals surface area contributed by atoms with Crippen LogP contribution in [0.3, 0.4) is 0 Å². The molecule has 3 heteroatoms. The number of aryl methyl sites for hydroxylation is 1. The zero-order chi connectivity index (χ0) is 10.3. The van der Waals surface area contributed by atoms with Crippen LogP contribution in [0.4, 0.5) is 0 Å². The van der Waals surface area contributed by atoms with Gasteiger partial charge >= 0.3 is 0 Å². The Morgan fingerprint density at radius 2 is 2.00 bits per heavy atom. The molecular formula is C11H15N3. The van der Waals surface area contributed by atoms with Gasteiger partial charge in [0, 0.05) is 6.20 Å². The largest absolute Gasteiger partial charge is 0.221 e. The smallest absolute Gasteiger partial charge is 0.155 e. The Kier molecular flexibility index (Phi) is 1.84. The molecule has 0 N–H and O–H groups in total. The van der Waals surface area contributed by atoms with Gasteiger partial charge in [0.1, 0.15) is 5.82 Å². The second kappa shape index (κ2) is 2.80. The van der Waals surface area contributed by atoms with Gasteiger partial charge in [0.15, 0.2) is 5.65 Å². The van der Waals surface area contributed by atoms with Crippen molar-refractivity contribution in [3.63, 3.8) is 0 Å². The quantitative estimate of drug-likeness (QED) is 0.636. The molecule has 0 amide bonds. The molecule has 74 valence electrons. The van der Waals surface area contributed by atoms with Gasteiger partial charge in [-0.05, 0) is 30.0 Å². The van der Waals surface area contributed by atoms with Gasteiger partial charge in [-0.3, -0.25) is 0 Å². The molecule has 2 aromatic heterocycles. The van der Waals surface area contributed by atoms with Crippen molar-refractivity contribution in [3.8, 4) is 0 Å². The SMILES string of the molecule is Cc1nc2cc(C(C)(C)C)ccn2n1. The number of nitrogens with zero attached hydrogens (tertiary/aromatic N) is 3. The van der Waals surface area contributed by atoms with Crippen LogP contribution in [-0.4, -0.2) is 14.6 Å². The highest BCUT2D eigenvalue weighted by atomic mass is 15.3. The Bertz CT molecular complexity index is 463. The second-order valence-electron chi connectivity index (χ2n) is 4.63. The van der Waals surface area contributed by atoms with E-state index in [0.717, 1.165) is 11.5 Å². The maximum Gasteiger partial charge on any atom is 0.155 e. The van der Waals surface area contributed by atoms with Crippen LogP contribution in [0.25, 0.3) is 5.65 Å². The monoisotopic (exact) mass is 189 g/mol. The standard InChI is InChI=1S/C11H15N3/c1-8-12-10-7-9(11(2,3)4)5-6-14(10)13-8/h5-7H,1-4H3. The second-order valence-corrected chi connectivity index (χ2v) is 4.63. The van der Waals surface area contributed by atoms with Crippen molar-refractivity contribution in [3.05, 3.63) is 29.7 Å². The van der Waals surface area contributed by atoms with E-state index in [-0.39, 0.29) is 5.41 Å². The highest BCUT2D eigenvalue weighted by molar-refractivity contribution is 5.42. The molecule has 0 spiro atoms. The Morgan fingerprint density at radius 3 is 2.64 bits per heavy atom. The minimum Gasteiger partial charge on any atom is -0.221 e. The topological polar surface area (TPSA) is 30.2 Å². The summed E-state index contributed by atoms with van der Waals surface area (Å²) in [6.07, 6.45) is 1.97. The van der Waals surface area contributed by atoms with Crippen molar-refractivity contribution in [1.29, 1.82) is 0 Å². The van der Waals surface area contributed by atoms with Gasteiger partial charge in [-0.2, -0.15) is 5.10 Å². The number of hydrogen-bond acceptors (Lipinski definition) is 2. The lowest BCUT2D eigenvalue weighted by molar-refractivity contribution is 0.589. The van der Waals surface area contributed by atoms with E-state index < -0.39 is 0 Å². The first-order valence-electron chi connectivity index (χ1n) is 4.80.